The van der Waals surface area contributed by atoms with Crippen molar-refractivity contribution in [3.8, 4) is 5.75 Å². The van der Waals surface area contributed by atoms with Crippen molar-refractivity contribution in [1.29, 1.82) is 0 Å². The second kappa shape index (κ2) is 11.1. The molecule has 0 spiro atoms. The van der Waals surface area contributed by atoms with Gasteiger partial charge in [-0.1, -0.05) is 12.1 Å². The predicted octanol–water partition coefficient (Wildman–Crippen LogP) is 3.15. The van der Waals surface area contributed by atoms with Gasteiger partial charge in [0.25, 0.3) is 0 Å². The Morgan fingerprint density at radius 2 is 1.83 bits per heavy atom. The third kappa shape index (κ3) is 5.92. The molecule has 162 valence electrons. The summed E-state index contributed by atoms with van der Waals surface area (Å²) in [6.45, 7) is 5.91. The lowest BCUT2D eigenvalue weighted by Crippen LogP contribution is -2.36. The zero-order valence-corrected chi connectivity index (χ0v) is 18.0. The minimum Gasteiger partial charge on any atom is -0.493 e. The molecule has 2 unspecified atom stereocenters. The first-order chi connectivity index (χ1) is 14.4. The molecule has 1 aromatic rings. The molecule has 1 heterocycles. The van der Waals surface area contributed by atoms with E-state index in [9.17, 15) is 9.59 Å². The van der Waals surface area contributed by atoms with E-state index in [-0.39, 0.29) is 12.5 Å². The van der Waals surface area contributed by atoms with E-state index in [4.69, 9.17) is 14.2 Å². The Labute approximate surface area is 176 Å². The van der Waals surface area contributed by atoms with Crippen LogP contribution >= 0.6 is 0 Å². The molecule has 2 rings (SSSR count). The summed E-state index contributed by atoms with van der Waals surface area (Å²) >= 11 is 0. The standard InChI is InChI=1S/C22H28N2O6/c1-14-19(21(25)27-4)15(2)24-16(3)20(14)22(26)30-12-6-11-29-18-9-7-17(8-10-18)13-23-28-5/h7-10,13-14,19H,6,11-12H2,1-5H3. The summed E-state index contributed by atoms with van der Waals surface area (Å²) in [6, 6.07) is 7.37. The molecule has 0 N–H and O–H groups in total. The van der Waals surface area contributed by atoms with Crippen LogP contribution < -0.4 is 4.74 Å². The molecule has 0 saturated carbocycles. The zero-order valence-electron chi connectivity index (χ0n) is 18.0. The monoisotopic (exact) mass is 416 g/mol. The minimum absolute atomic E-state index is 0.201. The number of nitrogens with zero attached hydrogens (tertiary/aromatic N) is 2. The molecule has 2 atom stereocenters. The first kappa shape index (κ1) is 23.1. The lowest BCUT2D eigenvalue weighted by molar-refractivity contribution is -0.144. The third-order valence-electron chi connectivity index (χ3n) is 4.79. The average molecular weight is 416 g/mol. The van der Waals surface area contributed by atoms with Crippen molar-refractivity contribution in [2.24, 2.45) is 22.0 Å². The summed E-state index contributed by atoms with van der Waals surface area (Å²) in [6.07, 6.45) is 2.13. The van der Waals surface area contributed by atoms with E-state index in [2.05, 4.69) is 15.0 Å². The maximum Gasteiger partial charge on any atom is 0.336 e. The van der Waals surface area contributed by atoms with Crippen LogP contribution in [-0.4, -0.2) is 51.3 Å². The highest BCUT2D eigenvalue weighted by atomic mass is 16.6. The molecular formula is C22H28N2O6. The molecule has 0 radical (unpaired) electrons. The smallest absolute Gasteiger partial charge is 0.336 e. The number of methoxy groups -OCH3 is 1. The van der Waals surface area contributed by atoms with Crippen molar-refractivity contribution in [3.63, 3.8) is 0 Å². The van der Waals surface area contributed by atoms with Gasteiger partial charge >= 0.3 is 11.9 Å². The minimum atomic E-state index is -0.582. The molecule has 0 saturated heterocycles. The van der Waals surface area contributed by atoms with Gasteiger partial charge in [0, 0.05) is 23.7 Å². The summed E-state index contributed by atoms with van der Waals surface area (Å²) < 4.78 is 15.9. The van der Waals surface area contributed by atoms with Crippen LogP contribution in [0.2, 0.25) is 0 Å². The topological polar surface area (TPSA) is 95.8 Å². The number of carbonyl (C=O) groups excluding carboxylic acids is 2. The van der Waals surface area contributed by atoms with E-state index >= 15 is 0 Å². The number of ether oxygens (including phenoxy) is 3. The Morgan fingerprint density at radius 1 is 1.13 bits per heavy atom. The molecule has 0 bridgehead atoms. The fourth-order valence-corrected chi connectivity index (χ4v) is 3.34. The molecule has 8 heteroatoms. The molecular weight excluding hydrogens is 388 g/mol. The van der Waals surface area contributed by atoms with Gasteiger partial charge in [0.15, 0.2) is 0 Å². The third-order valence-corrected chi connectivity index (χ3v) is 4.79. The molecule has 0 fully saturated rings. The second-order valence-corrected chi connectivity index (χ2v) is 6.87. The van der Waals surface area contributed by atoms with Gasteiger partial charge in [-0.15, -0.1) is 0 Å². The fourth-order valence-electron chi connectivity index (χ4n) is 3.34. The summed E-state index contributed by atoms with van der Waals surface area (Å²) in [5, 5.41) is 3.70. The number of allylic oxidation sites excluding steroid dienone is 1. The second-order valence-electron chi connectivity index (χ2n) is 6.87. The van der Waals surface area contributed by atoms with Crippen LogP contribution in [0.1, 0.15) is 32.8 Å². The summed E-state index contributed by atoms with van der Waals surface area (Å²) in [4.78, 5) is 33.6. The number of aliphatic imine (C=N–C) groups is 1. The highest BCUT2D eigenvalue weighted by molar-refractivity contribution is 6.05. The van der Waals surface area contributed by atoms with Crippen molar-refractivity contribution in [3.05, 3.63) is 41.1 Å². The van der Waals surface area contributed by atoms with Crippen molar-refractivity contribution >= 4 is 23.9 Å². The molecule has 1 aliphatic heterocycles. The number of esters is 2. The highest BCUT2D eigenvalue weighted by Crippen LogP contribution is 2.32. The van der Waals surface area contributed by atoms with E-state index in [0.29, 0.717) is 35.8 Å². The fraction of sp³-hybridized carbons (Fsp3) is 0.455. The van der Waals surface area contributed by atoms with Crippen molar-refractivity contribution in [2.45, 2.75) is 27.2 Å². The number of benzene rings is 1. The summed E-state index contributed by atoms with van der Waals surface area (Å²) in [5.74, 6) is -1.11. The van der Waals surface area contributed by atoms with Gasteiger partial charge in [0.05, 0.1) is 32.1 Å². The maximum absolute atomic E-state index is 12.6. The molecule has 0 aliphatic carbocycles. The summed E-state index contributed by atoms with van der Waals surface area (Å²) in [5.41, 5.74) is 2.51. The van der Waals surface area contributed by atoms with Gasteiger partial charge in [-0.25, -0.2) is 4.79 Å². The van der Waals surface area contributed by atoms with Crippen LogP contribution in [0.5, 0.6) is 5.75 Å². The van der Waals surface area contributed by atoms with Gasteiger partial charge in [-0.05, 0) is 43.7 Å². The quantitative estimate of drug-likeness (QED) is 0.266. The largest absolute Gasteiger partial charge is 0.493 e. The van der Waals surface area contributed by atoms with Gasteiger partial charge in [-0.2, -0.15) is 0 Å². The SMILES string of the molecule is CON=Cc1ccc(OCCCOC(=O)C2=C(C)N=C(C)C(C(=O)OC)C2C)cc1. The molecule has 8 nitrogen and oxygen atoms in total. The van der Waals surface area contributed by atoms with E-state index in [1.165, 1.54) is 14.2 Å². The molecule has 1 aliphatic rings. The van der Waals surface area contributed by atoms with Crippen LogP contribution in [-0.2, 0) is 23.9 Å². The first-order valence-electron chi connectivity index (χ1n) is 9.69. The molecule has 0 amide bonds. The van der Waals surface area contributed by atoms with Gasteiger partial charge in [0.2, 0.25) is 0 Å². The first-order valence-corrected chi connectivity index (χ1v) is 9.69. The Balaban J connectivity index is 1.83. The Hall–Kier alpha value is -3.16. The van der Waals surface area contributed by atoms with Crippen LogP contribution in [0.25, 0.3) is 0 Å². The molecule has 1 aromatic carbocycles. The van der Waals surface area contributed by atoms with E-state index in [1.807, 2.05) is 31.2 Å². The average Bonchev–Trinajstić information content (AvgIpc) is 2.72. The number of hydrogen-bond donors (Lipinski definition) is 0. The normalized spacial score (nSPS) is 18.8. The van der Waals surface area contributed by atoms with Crippen LogP contribution in [0.15, 0.2) is 45.7 Å². The lowest BCUT2D eigenvalue weighted by atomic mass is 9.81. The van der Waals surface area contributed by atoms with E-state index in [0.717, 1.165) is 5.56 Å². The van der Waals surface area contributed by atoms with Gasteiger partial charge in [-0.3, -0.25) is 9.79 Å². The van der Waals surface area contributed by atoms with Crippen molar-refractivity contribution in [1.82, 2.24) is 0 Å². The Bertz CT molecular complexity index is 842. The zero-order chi connectivity index (χ0) is 22.1. The van der Waals surface area contributed by atoms with Gasteiger partial charge in [0.1, 0.15) is 18.8 Å². The highest BCUT2D eigenvalue weighted by Gasteiger charge is 2.38. The number of carbonyl (C=O) groups is 2. The van der Waals surface area contributed by atoms with E-state index in [1.54, 1.807) is 20.1 Å². The Kier molecular flexibility index (Phi) is 8.58. The van der Waals surface area contributed by atoms with E-state index < -0.39 is 17.9 Å². The van der Waals surface area contributed by atoms with Crippen molar-refractivity contribution in [2.75, 3.05) is 27.4 Å². The molecule has 30 heavy (non-hydrogen) atoms. The summed E-state index contributed by atoms with van der Waals surface area (Å²) in [7, 11) is 2.81. The molecule has 0 aromatic heterocycles. The number of oxime groups is 1. The van der Waals surface area contributed by atoms with Crippen LogP contribution in [0.3, 0.4) is 0 Å². The Morgan fingerprint density at radius 3 is 2.47 bits per heavy atom. The van der Waals surface area contributed by atoms with Crippen LogP contribution in [0.4, 0.5) is 0 Å². The van der Waals surface area contributed by atoms with Crippen LogP contribution in [0, 0.1) is 11.8 Å². The van der Waals surface area contributed by atoms with Crippen molar-refractivity contribution < 1.29 is 28.6 Å². The lowest BCUT2D eigenvalue weighted by Gasteiger charge is -2.28. The number of hydrogen-bond acceptors (Lipinski definition) is 8. The maximum atomic E-state index is 12.6. The van der Waals surface area contributed by atoms with Gasteiger partial charge < -0.3 is 19.0 Å². The number of rotatable bonds is 9. The predicted molar refractivity (Wildman–Crippen MR) is 113 cm³/mol.